The fraction of sp³-hybridized carbons (Fsp3) is 0.372. The lowest BCUT2D eigenvalue weighted by Crippen LogP contribution is -2.41. The van der Waals surface area contributed by atoms with Crippen LogP contribution < -0.4 is 20.1 Å². The number of nitrogens with one attached hydrogen (secondary N) is 4. The molecule has 5 aromatic rings. The molecule has 0 aliphatic heterocycles. The van der Waals surface area contributed by atoms with Crippen LogP contribution in [0.15, 0.2) is 113 Å². The van der Waals surface area contributed by atoms with Gasteiger partial charge in [-0.15, -0.1) is 0 Å². The van der Waals surface area contributed by atoms with E-state index in [2.05, 4.69) is 35.1 Å². The number of rotatable bonds is 13. The third-order valence-corrected chi connectivity index (χ3v) is 14.3. The number of carbonyl (C=O) groups excluding carboxylic acids is 2. The number of nitrogens with zero attached hydrogens (tertiary/aromatic N) is 4. The second kappa shape index (κ2) is 20.8. The minimum atomic E-state index is -3.72. The van der Waals surface area contributed by atoms with Crippen molar-refractivity contribution in [3.05, 3.63) is 132 Å². The van der Waals surface area contributed by atoms with Crippen LogP contribution in [0.5, 0.6) is 0 Å². The average Bonchev–Trinajstić information content (AvgIpc) is 3.80. The maximum Gasteiger partial charge on any atom is 0.242 e. The van der Waals surface area contributed by atoms with E-state index in [1.54, 1.807) is 53.5 Å². The molecule has 2 fully saturated rings. The Morgan fingerprint density at radius 2 is 1.08 bits per heavy atom. The average molecular weight is 911 g/mol. The van der Waals surface area contributed by atoms with Crippen LogP contribution in [-0.2, 0) is 29.6 Å². The Labute approximate surface area is 365 Å². The van der Waals surface area contributed by atoms with E-state index in [-0.39, 0.29) is 74.4 Å². The van der Waals surface area contributed by atoms with Crippen molar-refractivity contribution in [3.8, 4) is 5.82 Å². The summed E-state index contributed by atoms with van der Waals surface area (Å²) in [6, 6.07) is 18.9. The first kappa shape index (κ1) is 46.4. The van der Waals surface area contributed by atoms with Crippen molar-refractivity contribution in [1.29, 1.82) is 0 Å². The molecule has 2 atom stereocenters. The summed E-state index contributed by atoms with van der Waals surface area (Å²) in [6.07, 6.45) is 10.5. The monoisotopic (exact) mass is 910 g/mol. The predicted octanol–water partition coefficient (Wildman–Crippen LogP) is 6.71. The van der Waals surface area contributed by atoms with E-state index < -0.39 is 20.0 Å². The van der Waals surface area contributed by atoms with Gasteiger partial charge < -0.3 is 10.6 Å². The summed E-state index contributed by atoms with van der Waals surface area (Å²) >= 11 is 5.70. The lowest BCUT2D eigenvalue weighted by molar-refractivity contribution is -0.127. The molecular weight excluding hydrogens is 862 g/mol. The summed E-state index contributed by atoms with van der Waals surface area (Å²) in [4.78, 5) is 33.3. The van der Waals surface area contributed by atoms with Gasteiger partial charge in [0.15, 0.2) is 5.82 Å². The van der Waals surface area contributed by atoms with Gasteiger partial charge in [-0.2, -0.15) is 5.10 Å². The highest BCUT2D eigenvalue weighted by Crippen LogP contribution is 2.28. The Morgan fingerprint density at radius 1 is 0.645 bits per heavy atom. The van der Waals surface area contributed by atoms with Crippen LogP contribution in [0.25, 0.3) is 5.82 Å². The Hall–Kier alpha value is -5.14. The van der Waals surface area contributed by atoms with Crippen LogP contribution in [0.2, 0.25) is 5.15 Å². The quantitative estimate of drug-likeness (QED) is 0.0930. The van der Waals surface area contributed by atoms with Gasteiger partial charge in [-0.05, 0) is 131 Å². The molecule has 14 nitrogen and oxygen atoms in total. The zero-order chi connectivity index (χ0) is 44.4. The van der Waals surface area contributed by atoms with Gasteiger partial charge in [-0.3, -0.25) is 9.59 Å². The molecule has 0 bridgehead atoms. The van der Waals surface area contributed by atoms with Crippen molar-refractivity contribution in [2.45, 2.75) is 99.2 Å². The molecule has 62 heavy (non-hydrogen) atoms. The van der Waals surface area contributed by atoms with E-state index in [0.29, 0.717) is 57.2 Å². The molecule has 2 aromatic carbocycles. The van der Waals surface area contributed by atoms with Crippen molar-refractivity contribution < 1.29 is 35.2 Å². The number of pyridine rings is 2. The van der Waals surface area contributed by atoms with E-state index in [1.807, 2.05) is 13.8 Å². The van der Waals surface area contributed by atoms with Gasteiger partial charge in [0, 0.05) is 48.7 Å². The Kier molecular flexibility index (Phi) is 15.6. The molecule has 330 valence electrons. The van der Waals surface area contributed by atoms with Crippen molar-refractivity contribution >= 4 is 43.5 Å². The molecule has 2 saturated carbocycles. The first-order valence-corrected chi connectivity index (χ1v) is 23.6. The molecule has 0 spiro atoms. The second-order valence-corrected chi connectivity index (χ2v) is 19.3. The first-order valence-electron chi connectivity index (χ1n) is 20.3. The summed E-state index contributed by atoms with van der Waals surface area (Å²) in [5.41, 5.74) is 1.66. The van der Waals surface area contributed by atoms with Crippen LogP contribution in [0.4, 0.5) is 8.78 Å². The molecule has 0 saturated heterocycles. The van der Waals surface area contributed by atoms with E-state index in [1.165, 1.54) is 54.9 Å². The van der Waals surface area contributed by atoms with Gasteiger partial charge in [-0.1, -0.05) is 35.9 Å². The highest BCUT2D eigenvalue weighted by atomic mass is 35.5. The molecule has 3 heterocycles. The summed E-state index contributed by atoms with van der Waals surface area (Å²) in [5, 5.41) is 10.2. The minimum Gasteiger partial charge on any atom is -0.349 e. The number of hydrogen-bond acceptors (Lipinski definition) is 9. The van der Waals surface area contributed by atoms with Crippen molar-refractivity contribution in [1.82, 2.24) is 39.8 Å². The zero-order valence-electron chi connectivity index (χ0n) is 34.1. The van der Waals surface area contributed by atoms with Crippen molar-refractivity contribution in [2.24, 2.45) is 11.8 Å². The van der Waals surface area contributed by atoms with Crippen LogP contribution in [0.3, 0.4) is 0 Å². The standard InChI is InChI=1S/C23H26FN5O3S.C20H23ClFN3O3S/c1-16(17-3-7-19(24)8-4-17)27-23(30)18-5-9-20(10-6-18)28-33(31,32)21-11-12-22(25-15-21)29-14-2-13-26-29;1-13(14-2-6-16(22)7-3-14)24-20(26)15-4-8-17(9-5-15)25-29(27,28)18-10-11-19(21)23-12-18/h2-4,7-8,11-16,18,20,28H,5-6,9-10H2,1H3,(H,27,30);2-3,6-7,10-13,15,17,25H,4-5,8-9H2,1H3,(H,24,26)/t16-,18?,20?;13-,15?,17?/m11/s1. The molecule has 19 heteroatoms. The molecule has 2 aliphatic rings. The SMILES string of the molecule is C[C@@H](NC(=O)C1CCC(NS(=O)(=O)c2ccc(-n3cccn3)nc2)CC1)c1ccc(F)cc1.C[C@@H](NC(=O)C1CCC(NS(=O)(=O)c2ccc(Cl)nc2)CC1)c1ccc(F)cc1. The number of amides is 2. The summed E-state index contributed by atoms with van der Waals surface area (Å²) < 4.78 is 83.5. The Morgan fingerprint density at radius 3 is 1.45 bits per heavy atom. The number of aromatic nitrogens is 4. The van der Waals surface area contributed by atoms with Gasteiger partial charge in [0.2, 0.25) is 31.9 Å². The first-order chi connectivity index (χ1) is 29.6. The molecule has 0 radical (unpaired) electrons. The van der Waals surface area contributed by atoms with Gasteiger partial charge in [0.25, 0.3) is 0 Å². The molecule has 2 amide bonds. The Bertz CT molecular complexity index is 2470. The highest BCUT2D eigenvalue weighted by Gasteiger charge is 2.31. The lowest BCUT2D eigenvalue weighted by Gasteiger charge is -2.29. The second-order valence-electron chi connectivity index (χ2n) is 15.5. The van der Waals surface area contributed by atoms with Crippen molar-refractivity contribution in [2.75, 3.05) is 0 Å². The van der Waals surface area contributed by atoms with Crippen LogP contribution in [0.1, 0.15) is 88.4 Å². The smallest absolute Gasteiger partial charge is 0.242 e. The predicted molar refractivity (Wildman–Crippen MR) is 229 cm³/mol. The number of halogens is 3. The number of hydrogen-bond donors (Lipinski definition) is 4. The van der Waals surface area contributed by atoms with Gasteiger partial charge in [-0.25, -0.2) is 49.7 Å². The topological polar surface area (TPSA) is 194 Å². The van der Waals surface area contributed by atoms with E-state index in [9.17, 15) is 35.2 Å². The normalized spacial score (nSPS) is 20.2. The molecular formula is C43H49ClF2N8O6S2. The van der Waals surface area contributed by atoms with E-state index in [4.69, 9.17) is 11.6 Å². The van der Waals surface area contributed by atoms with Crippen LogP contribution in [0, 0.1) is 23.5 Å². The third kappa shape index (κ3) is 12.7. The van der Waals surface area contributed by atoms with Gasteiger partial charge in [0.05, 0.1) is 12.1 Å². The number of carbonyl (C=O) groups is 2. The fourth-order valence-corrected chi connectivity index (χ4v) is 10.1. The Balaban J connectivity index is 0.000000209. The number of sulfonamides is 2. The molecule has 3 aromatic heterocycles. The minimum absolute atomic E-state index is 0.0634. The molecule has 0 unspecified atom stereocenters. The summed E-state index contributed by atoms with van der Waals surface area (Å²) in [5.74, 6) is -0.582. The molecule has 4 N–H and O–H groups in total. The number of benzene rings is 2. The lowest BCUT2D eigenvalue weighted by atomic mass is 9.85. The van der Waals surface area contributed by atoms with Crippen LogP contribution >= 0.6 is 11.6 Å². The third-order valence-electron chi connectivity index (χ3n) is 11.1. The largest absolute Gasteiger partial charge is 0.349 e. The van der Waals surface area contributed by atoms with E-state index in [0.717, 1.165) is 11.1 Å². The van der Waals surface area contributed by atoms with Gasteiger partial charge in [0.1, 0.15) is 26.6 Å². The summed E-state index contributed by atoms with van der Waals surface area (Å²) in [6.45, 7) is 3.71. The van der Waals surface area contributed by atoms with Gasteiger partial charge >= 0.3 is 0 Å². The molecule has 7 rings (SSSR count). The van der Waals surface area contributed by atoms with Crippen LogP contribution in [-0.4, -0.2) is 60.5 Å². The molecule has 2 aliphatic carbocycles. The summed E-state index contributed by atoms with van der Waals surface area (Å²) in [7, 11) is -7.39. The highest BCUT2D eigenvalue weighted by molar-refractivity contribution is 7.89. The van der Waals surface area contributed by atoms with E-state index >= 15 is 0 Å². The maximum absolute atomic E-state index is 13.1. The maximum atomic E-state index is 13.1. The van der Waals surface area contributed by atoms with Crippen molar-refractivity contribution in [3.63, 3.8) is 0 Å². The zero-order valence-corrected chi connectivity index (χ0v) is 36.5. The fourth-order valence-electron chi connectivity index (χ4n) is 7.45.